The van der Waals surface area contributed by atoms with E-state index >= 15 is 0 Å². The topological polar surface area (TPSA) is 93.6 Å². The monoisotopic (exact) mass is 367 g/mol. The fraction of sp³-hybridized carbons (Fsp3) is 0.889. The van der Waals surface area contributed by atoms with Crippen LogP contribution in [0.2, 0.25) is 0 Å². The lowest BCUT2D eigenvalue weighted by Crippen LogP contribution is -2.61. The van der Waals surface area contributed by atoms with Gasteiger partial charge in [0.2, 0.25) is 5.91 Å². The number of aliphatic hydroxyl groups excluding tert-OH is 1. The molecule has 3 heterocycles. The standard InChI is InChI=1S/C18H29N3O5/c1-12-16(23)21-13(11-26-15(21)10-20(12)17(24)25)3-2-7-19-8-6-18(4-5-18)14(22)9-19/h12-15,22H,2-11H2,1H3,(H,24,25)/t12-,13-,14+,15?/m0/s1. The third kappa shape index (κ3) is 3.08. The van der Waals surface area contributed by atoms with Crippen molar-refractivity contribution in [3.63, 3.8) is 0 Å². The summed E-state index contributed by atoms with van der Waals surface area (Å²) in [5.74, 6) is -0.157. The zero-order valence-corrected chi connectivity index (χ0v) is 15.3. The first kappa shape index (κ1) is 18.0. The number of amides is 2. The summed E-state index contributed by atoms with van der Waals surface area (Å²) < 4.78 is 5.71. The lowest BCUT2D eigenvalue weighted by Gasteiger charge is -2.41. The van der Waals surface area contributed by atoms with E-state index in [1.54, 1.807) is 11.8 Å². The minimum atomic E-state index is -1.07. The van der Waals surface area contributed by atoms with Crippen LogP contribution in [0.4, 0.5) is 4.79 Å². The van der Waals surface area contributed by atoms with Gasteiger partial charge >= 0.3 is 6.09 Å². The average molecular weight is 367 g/mol. The molecule has 1 spiro atoms. The summed E-state index contributed by atoms with van der Waals surface area (Å²) in [6.45, 7) is 5.07. The normalized spacial score (nSPS) is 36.5. The van der Waals surface area contributed by atoms with E-state index in [4.69, 9.17) is 4.74 Å². The smallest absolute Gasteiger partial charge is 0.408 e. The molecule has 4 aliphatic rings. The number of piperazine rings is 1. The van der Waals surface area contributed by atoms with Gasteiger partial charge in [0.25, 0.3) is 0 Å². The maximum Gasteiger partial charge on any atom is 0.408 e. The van der Waals surface area contributed by atoms with E-state index < -0.39 is 18.4 Å². The van der Waals surface area contributed by atoms with Crippen LogP contribution >= 0.6 is 0 Å². The number of likely N-dealkylation sites (tertiary alicyclic amines) is 1. The van der Waals surface area contributed by atoms with Crippen molar-refractivity contribution in [2.75, 3.05) is 32.8 Å². The summed E-state index contributed by atoms with van der Waals surface area (Å²) in [5, 5.41) is 19.5. The maximum atomic E-state index is 12.6. The minimum absolute atomic E-state index is 0.0235. The largest absolute Gasteiger partial charge is 0.465 e. The van der Waals surface area contributed by atoms with Crippen LogP contribution < -0.4 is 0 Å². The predicted molar refractivity (Wildman–Crippen MR) is 92.5 cm³/mol. The average Bonchev–Trinajstić information content (AvgIpc) is 3.27. The number of fused-ring (bicyclic) bond motifs is 1. The molecule has 0 bridgehead atoms. The molecule has 26 heavy (non-hydrogen) atoms. The Morgan fingerprint density at radius 1 is 1.31 bits per heavy atom. The number of carbonyl (C=O) groups excluding carboxylic acids is 1. The fourth-order valence-corrected chi connectivity index (χ4v) is 4.80. The Kier molecular flexibility index (Phi) is 4.61. The lowest BCUT2D eigenvalue weighted by molar-refractivity contribution is -0.151. The summed E-state index contributed by atoms with van der Waals surface area (Å²) in [6.07, 6.45) is 3.51. The van der Waals surface area contributed by atoms with Gasteiger partial charge in [-0.05, 0) is 57.5 Å². The van der Waals surface area contributed by atoms with E-state index in [-0.39, 0.29) is 30.0 Å². The number of carboxylic acid groups (broad SMARTS) is 1. The molecule has 0 aromatic heterocycles. The van der Waals surface area contributed by atoms with Crippen LogP contribution in [0.3, 0.4) is 0 Å². The number of carbonyl (C=O) groups is 2. The van der Waals surface area contributed by atoms with Gasteiger partial charge < -0.3 is 24.7 Å². The second-order valence-electron chi connectivity index (χ2n) is 8.37. The van der Waals surface area contributed by atoms with Crippen LogP contribution in [0.1, 0.15) is 39.0 Å². The van der Waals surface area contributed by atoms with Gasteiger partial charge in [-0.15, -0.1) is 0 Å². The molecule has 4 atom stereocenters. The van der Waals surface area contributed by atoms with Gasteiger partial charge in [0.15, 0.2) is 6.23 Å². The Morgan fingerprint density at radius 3 is 2.73 bits per heavy atom. The van der Waals surface area contributed by atoms with Gasteiger partial charge in [0.05, 0.1) is 25.3 Å². The zero-order valence-electron chi connectivity index (χ0n) is 15.3. The predicted octanol–water partition coefficient (Wildman–Crippen LogP) is 0.549. The van der Waals surface area contributed by atoms with Crippen molar-refractivity contribution in [2.45, 2.75) is 63.4 Å². The van der Waals surface area contributed by atoms with Gasteiger partial charge in [0.1, 0.15) is 6.04 Å². The van der Waals surface area contributed by atoms with Crippen molar-refractivity contribution in [1.29, 1.82) is 0 Å². The molecule has 4 fully saturated rings. The lowest BCUT2D eigenvalue weighted by atomic mass is 9.90. The van der Waals surface area contributed by atoms with Crippen LogP contribution in [0.25, 0.3) is 0 Å². The maximum absolute atomic E-state index is 12.6. The molecule has 3 saturated heterocycles. The van der Waals surface area contributed by atoms with Crippen LogP contribution in [-0.4, -0.2) is 94.1 Å². The van der Waals surface area contributed by atoms with Crippen molar-refractivity contribution >= 4 is 12.0 Å². The SMILES string of the molecule is C[C@H]1C(=O)N2C(CN1C(=O)O)OC[C@@H]2CCCN1CCC2(CC2)[C@H](O)C1. The van der Waals surface area contributed by atoms with E-state index in [0.717, 1.165) is 43.8 Å². The van der Waals surface area contributed by atoms with Crippen LogP contribution in [0.15, 0.2) is 0 Å². The second-order valence-corrected chi connectivity index (χ2v) is 8.37. The van der Waals surface area contributed by atoms with E-state index in [0.29, 0.717) is 6.61 Å². The molecule has 2 N–H and O–H groups in total. The summed E-state index contributed by atoms with van der Waals surface area (Å²) in [7, 11) is 0. The molecule has 1 unspecified atom stereocenters. The summed E-state index contributed by atoms with van der Waals surface area (Å²) in [4.78, 5) is 29.1. The molecular weight excluding hydrogens is 338 g/mol. The van der Waals surface area contributed by atoms with Crippen LogP contribution in [-0.2, 0) is 9.53 Å². The quantitative estimate of drug-likeness (QED) is 0.754. The molecular formula is C18H29N3O5. The Hall–Kier alpha value is -1.38. The second kappa shape index (κ2) is 6.65. The number of hydrogen-bond donors (Lipinski definition) is 2. The number of piperidine rings is 1. The van der Waals surface area contributed by atoms with E-state index in [1.165, 1.54) is 12.8 Å². The number of rotatable bonds is 4. The number of β-amino-alcohol motifs (C(OH)–C–C–N with tert-alkyl or cyclic N) is 1. The summed E-state index contributed by atoms with van der Waals surface area (Å²) in [5.41, 5.74) is 0.232. The molecule has 1 aliphatic carbocycles. The molecule has 146 valence electrons. The first-order chi connectivity index (χ1) is 12.4. The summed E-state index contributed by atoms with van der Waals surface area (Å²) >= 11 is 0. The molecule has 0 aromatic rings. The van der Waals surface area contributed by atoms with Gasteiger partial charge in [-0.1, -0.05) is 0 Å². The third-order valence-corrected chi connectivity index (χ3v) is 6.83. The Balaban J connectivity index is 1.27. The Labute approximate surface area is 153 Å². The highest BCUT2D eigenvalue weighted by Gasteiger charge is 2.51. The molecule has 2 amide bonds. The van der Waals surface area contributed by atoms with Gasteiger partial charge in [-0.2, -0.15) is 0 Å². The van der Waals surface area contributed by atoms with E-state index in [1.807, 2.05) is 0 Å². The summed E-state index contributed by atoms with van der Waals surface area (Å²) in [6, 6.07) is -0.629. The minimum Gasteiger partial charge on any atom is -0.465 e. The van der Waals surface area contributed by atoms with Gasteiger partial charge in [0, 0.05) is 6.54 Å². The molecule has 0 radical (unpaired) electrons. The fourth-order valence-electron chi connectivity index (χ4n) is 4.80. The molecule has 0 aromatic carbocycles. The first-order valence-electron chi connectivity index (χ1n) is 9.75. The van der Waals surface area contributed by atoms with E-state index in [9.17, 15) is 19.8 Å². The molecule has 8 nitrogen and oxygen atoms in total. The van der Waals surface area contributed by atoms with Crippen molar-refractivity contribution in [3.05, 3.63) is 0 Å². The molecule has 4 rings (SSSR count). The molecule has 3 aliphatic heterocycles. The van der Waals surface area contributed by atoms with Crippen LogP contribution in [0.5, 0.6) is 0 Å². The molecule has 1 saturated carbocycles. The number of nitrogens with zero attached hydrogens (tertiary/aromatic N) is 3. The molecule has 8 heteroatoms. The van der Waals surface area contributed by atoms with E-state index in [2.05, 4.69) is 4.90 Å². The third-order valence-electron chi connectivity index (χ3n) is 6.83. The highest BCUT2D eigenvalue weighted by molar-refractivity contribution is 5.86. The number of ether oxygens (including phenoxy) is 1. The van der Waals surface area contributed by atoms with Crippen molar-refractivity contribution in [3.8, 4) is 0 Å². The highest BCUT2D eigenvalue weighted by Crippen LogP contribution is 2.53. The Morgan fingerprint density at radius 2 is 2.08 bits per heavy atom. The number of hydrogen-bond acceptors (Lipinski definition) is 5. The Bertz CT molecular complexity index is 581. The van der Waals surface area contributed by atoms with Crippen molar-refractivity contribution < 1.29 is 24.5 Å². The van der Waals surface area contributed by atoms with Crippen molar-refractivity contribution in [1.82, 2.24) is 14.7 Å². The number of aliphatic hydroxyl groups is 1. The van der Waals surface area contributed by atoms with Crippen LogP contribution in [0, 0.1) is 5.41 Å². The van der Waals surface area contributed by atoms with Gasteiger partial charge in [-0.3, -0.25) is 9.69 Å². The van der Waals surface area contributed by atoms with Crippen molar-refractivity contribution in [2.24, 2.45) is 5.41 Å². The zero-order chi connectivity index (χ0) is 18.5. The highest BCUT2D eigenvalue weighted by atomic mass is 16.5. The van der Waals surface area contributed by atoms with Gasteiger partial charge in [-0.25, -0.2) is 4.79 Å². The first-order valence-corrected chi connectivity index (χ1v) is 9.75.